The van der Waals surface area contributed by atoms with Gasteiger partial charge in [0.2, 0.25) is 5.88 Å². The Morgan fingerprint density at radius 2 is 2.14 bits per heavy atom. The molecular formula is C20H24N4O4. The third-order valence-corrected chi connectivity index (χ3v) is 5.07. The molecule has 0 spiro atoms. The highest BCUT2D eigenvalue weighted by Gasteiger charge is 2.25. The molecule has 8 nitrogen and oxygen atoms in total. The van der Waals surface area contributed by atoms with E-state index in [-0.39, 0.29) is 11.7 Å². The average Bonchev–Trinajstić information content (AvgIpc) is 3.16. The fourth-order valence-corrected chi connectivity index (χ4v) is 3.55. The first-order valence-electron chi connectivity index (χ1n) is 9.64. The number of fused-ring (bicyclic) bond motifs is 1. The lowest BCUT2D eigenvalue weighted by Crippen LogP contribution is -2.38. The zero-order valence-corrected chi connectivity index (χ0v) is 15.7. The van der Waals surface area contributed by atoms with E-state index in [9.17, 15) is 9.59 Å². The molecule has 0 bridgehead atoms. The molecule has 2 aromatic heterocycles. The molecule has 1 fully saturated rings. The second kappa shape index (κ2) is 8.53. The summed E-state index contributed by atoms with van der Waals surface area (Å²) in [5.41, 5.74) is 2.33. The SMILES string of the molecule is O=C(Nc1ccc(OCCN2CCOCC2)nc1)c1c[nH]c2c1C(=O)CCC2. The van der Waals surface area contributed by atoms with Crippen molar-refractivity contribution in [3.05, 3.63) is 41.3 Å². The normalized spacial score (nSPS) is 17.2. The maximum Gasteiger partial charge on any atom is 0.257 e. The van der Waals surface area contributed by atoms with Gasteiger partial charge in [-0.3, -0.25) is 14.5 Å². The van der Waals surface area contributed by atoms with Crippen LogP contribution in [-0.2, 0) is 11.2 Å². The molecule has 1 aliphatic heterocycles. The van der Waals surface area contributed by atoms with Gasteiger partial charge in [-0.15, -0.1) is 0 Å². The zero-order valence-electron chi connectivity index (χ0n) is 15.7. The van der Waals surface area contributed by atoms with E-state index in [1.54, 1.807) is 24.5 Å². The molecule has 0 aromatic carbocycles. The molecule has 28 heavy (non-hydrogen) atoms. The topological polar surface area (TPSA) is 96.5 Å². The average molecular weight is 384 g/mol. The molecule has 1 aliphatic carbocycles. The van der Waals surface area contributed by atoms with Crippen molar-refractivity contribution in [2.24, 2.45) is 0 Å². The summed E-state index contributed by atoms with van der Waals surface area (Å²) >= 11 is 0. The number of H-pyrrole nitrogens is 1. The van der Waals surface area contributed by atoms with Crippen LogP contribution in [0.5, 0.6) is 5.88 Å². The third-order valence-electron chi connectivity index (χ3n) is 5.07. The van der Waals surface area contributed by atoms with Gasteiger partial charge in [-0.2, -0.15) is 0 Å². The maximum absolute atomic E-state index is 12.6. The molecule has 148 valence electrons. The van der Waals surface area contributed by atoms with Crippen LogP contribution < -0.4 is 10.1 Å². The van der Waals surface area contributed by atoms with Crippen molar-refractivity contribution in [1.29, 1.82) is 0 Å². The van der Waals surface area contributed by atoms with Crippen molar-refractivity contribution in [1.82, 2.24) is 14.9 Å². The first-order valence-corrected chi connectivity index (χ1v) is 9.64. The van der Waals surface area contributed by atoms with Crippen LogP contribution in [0.4, 0.5) is 5.69 Å². The molecule has 3 heterocycles. The zero-order chi connectivity index (χ0) is 19.3. The van der Waals surface area contributed by atoms with Crippen LogP contribution in [0.3, 0.4) is 0 Å². The Hall–Kier alpha value is -2.71. The smallest absolute Gasteiger partial charge is 0.257 e. The number of aromatic amines is 1. The lowest BCUT2D eigenvalue weighted by atomic mass is 9.93. The van der Waals surface area contributed by atoms with Gasteiger partial charge in [0, 0.05) is 44.0 Å². The van der Waals surface area contributed by atoms with E-state index in [0.717, 1.165) is 51.4 Å². The third kappa shape index (κ3) is 4.23. The molecule has 1 saturated heterocycles. The number of morpholine rings is 1. The van der Waals surface area contributed by atoms with Crippen LogP contribution in [0.1, 0.15) is 39.3 Å². The highest BCUT2D eigenvalue weighted by atomic mass is 16.5. The number of Topliss-reactive ketones (excluding diaryl/α,β-unsaturated/α-hetero) is 1. The van der Waals surface area contributed by atoms with E-state index in [1.807, 2.05) is 0 Å². The second-order valence-corrected chi connectivity index (χ2v) is 6.97. The number of aryl methyl sites for hydroxylation is 1. The van der Waals surface area contributed by atoms with Gasteiger partial charge < -0.3 is 19.8 Å². The Morgan fingerprint density at radius 3 is 2.93 bits per heavy atom. The number of aromatic nitrogens is 2. The summed E-state index contributed by atoms with van der Waals surface area (Å²) < 4.78 is 11.0. The summed E-state index contributed by atoms with van der Waals surface area (Å²) in [5, 5.41) is 2.80. The minimum Gasteiger partial charge on any atom is -0.476 e. The minimum atomic E-state index is -0.310. The van der Waals surface area contributed by atoms with E-state index in [2.05, 4.69) is 20.2 Å². The maximum atomic E-state index is 12.6. The number of nitrogens with one attached hydrogen (secondary N) is 2. The largest absolute Gasteiger partial charge is 0.476 e. The number of anilines is 1. The molecule has 0 radical (unpaired) electrons. The number of rotatable bonds is 6. The Bertz CT molecular complexity index is 840. The van der Waals surface area contributed by atoms with E-state index < -0.39 is 0 Å². The monoisotopic (exact) mass is 384 g/mol. The van der Waals surface area contributed by atoms with Gasteiger partial charge in [-0.1, -0.05) is 0 Å². The van der Waals surface area contributed by atoms with Crippen molar-refractivity contribution in [2.75, 3.05) is 44.8 Å². The quantitative estimate of drug-likeness (QED) is 0.790. The van der Waals surface area contributed by atoms with Gasteiger partial charge in [-0.25, -0.2) is 4.98 Å². The number of amides is 1. The van der Waals surface area contributed by atoms with Gasteiger partial charge in [-0.05, 0) is 18.9 Å². The Morgan fingerprint density at radius 1 is 1.29 bits per heavy atom. The molecule has 0 saturated carbocycles. The van der Waals surface area contributed by atoms with E-state index in [4.69, 9.17) is 9.47 Å². The van der Waals surface area contributed by atoms with Gasteiger partial charge in [0.05, 0.1) is 36.2 Å². The van der Waals surface area contributed by atoms with Crippen LogP contribution >= 0.6 is 0 Å². The molecule has 2 aromatic rings. The number of carbonyl (C=O) groups is 2. The van der Waals surface area contributed by atoms with Crippen LogP contribution in [-0.4, -0.2) is 66.0 Å². The van der Waals surface area contributed by atoms with Gasteiger partial charge >= 0.3 is 0 Å². The van der Waals surface area contributed by atoms with Gasteiger partial charge in [0.1, 0.15) is 6.61 Å². The Kier molecular flexibility index (Phi) is 5.68. The predicted octanol–water partition coefficient (Wildman–Crippen LogP) is 1.89. The minimum absolute atomic E-state index is 0.0230. The Balaban J connectivity index is 1.31. The number of ketones is 1. The van der Waals surface area contributed by atoms with Crippen LogP contribution in [0.2, 0.25) is 0 Å². The summed E-state index contributed by atoms with van der Waals surface area (Å²) in [5.74, 6) is 0.228. The van der Waals surface area contributed by atoms with Crippen LogP contribution in [0.25, 0.3) is 0 Å². The number of nitrogens with zero attached hydrogens (tertiary/aromatic N) is 2. The van der Waals surface area contributed by atoms with E-state index in [1.165, 1.54) is 0 Å². The number of hydrogen-bond donors (Lipinski definition) is 2. The fraction of sp³-hybridized carbons (Fsp3) is 0.450. The first kappa shape index (κ1) is 18.6. The summed E-state index contributed by atoms with van der Waals surface area (Å²) in [7, 11) is 0. The molecular weight excluding hydrogens is 360 g/mol. The van der Waals surface area contributed by atoms with Gasteiger partial charge in [0.25, 0.3) is 5.91 Å². The molecule has 4 rings (SSSR count). The summed E-state index contributed by atoms with van der Waals surface area (Å²) in [6.07, 6.45) is 5.28. The number of pyridine rings is 1. The van der Waals surface area contributed by atoms with E-state index in [0.29, 0.717) is 35.7 Å². The molecule has 1 amide bonds. The molecule has 2 N–H and O–H groups in total. The van der Waals surface area contributed by atoms with Crippen LogP contribution in [0, 0.1) is 0 Å². The standard InChI is InChI=1S/C20H24N4O4/c25-17-3-1-2-16-19(17)15(13-21-16)20(26)23-14-4-5-18(22-12-14)28-11-8-24-6-9-27-10-7-24/h4-5,12-13,21H,1-3,6-11H2,(H,23,26). The van der Waals surface area contributed by atoms with E-state index >= 15 is 0 Å². The highest BCUT2D eigenvalue weighted by molar-refractivity contribution is 6.13. The highest BCUT2D eigenvalue weighted by Crippen LogP contribution is 2.24. The fourth-order valence-electron chi connectivity index (χ4n) is 3.55. The van der Waals surface area contributed by atoms with Gasteiger partial charge in [0.15, 0.2) is 5.78 Å². The summed E-state index contributed by atoms with van der Waals surface area (Å²) in [6, 6.07) is 3.47. The molecule has 2 aliphatic rings. The number of hydrogen-bond acceptors (Lipinski definition) is 6. The van der Waals surface area contributed by atoms with Crippen molar-refractivity contribution < 1.29 is 19.1 Å². The molecule has 0 atom stereocenters. The first-order chi connectivity index (χ1) is 13.7. The number of ether oxygens (including phenoxy) is 2. The van der Waals surface area contributed by atoms with Crippen LogP contribution in [0.15, 0.2) is 24.5 Å². The van der Waals surface area contributed by atoms with Crippen molar-refractivity contribution >= 4 is 17.4 Å². The van der Waals surface area contributed by atoms with Crippen molar-refractivity contribution in [3.63, 3.8) is 0 Å². The summed E-state index contributed by atoms with van der Waals surface area (Å²) in [6.45, 7) is 4.76. The lowest BCUT2D eigenvalue weighted by Gasteiger charge is -2.26. The molecule has 0 unspecified atom stereocenters. The summed E-state index contributed by atoms with van der Waals surface area (Å²) in [4.78, 5) is 34.3. The second-order valence-electron chi connectivity index (χ2n) is 6.97. The predicted molar refractivity (Wildman–Crippen MR) is 103 cm³/mol. The Labute approximate surface area is 163 Å². The lowest BCUT2D eigenvalue weighted by molar-refractivity contribution is 0.0320. The van der Waals surface area contributed by atoms with Crippen molar-refractivity contribution in [3.8, 4) is 5.88 Å². The van der Waals surface area contributed by atoms with Crippen molar-refractivity contribution in [2.45, 2.75) is 19.3 Å². The molecule has 8 heteroatoms. The number of carbonyl (C=O) groups excluding carboxylic acids is 2.